The first-order chi connectivity index (χ1) is 20.5. The summed E-state index contributed by atoms with van der Waals surface area (Å²) in [6.07, 6.45) is -3.50. The van der Waals surface area contributed by atoms with E-state index in [1.807, 2.05) is 18.2 Å². The van der Waals surface area contributed by atoms with Crippen molar-refractivity contribution in [3.63, 3.8) is 0 Å². The Bertz CT molecular complexity index is 1780. The zero-order chi connectivity index (χ0) is 30.7. The first kappa shape index (κ1) is 29.0. The van der Waals surface area contributed by atoms with E-state index in [2.05, 4.69) is 5.32 Å². The van der Waals surface area contributed by atoms with Crippen molar-refractivity contribution in [3.8, 4) is 23.0 Å². The average molecular weight is 606 g/mol. The van der Waals surface area contributed by atoms with E-state index in [9.17, 15) is 32.9 Å². The number of halogens is 3. The minimum absolute atomic E-state index is 0.0842. The molecular formula is C30H18F3N3O6S. The van der Waals surface area contributed by atoms with Gasteiger partial charge < -0.3 is 9.47 Å². The number of nitrogens with zero attached hydrogens (tertiary/aromatic N) is 2. The number of alkyl halides is 3. The molecule has 0 atom stereocenters. The molecule has 9 nitrogen and oxygen atoms in total. The molecule has 1 saturated heterocycles. The number of ether oxygens (including phenoxy) is 2. The number of rotatable bonds is 7. The van der Waals surface area contributed by atoms with Crippen LogP contribution >= 0.6 is 12.2 Å². The minimum atomic E-state index is -4.64. The topological polar surface area (TPSA) is 111 Å². The number of para-hydroxylation sites is 1. The summed E-state index contributed by atoms with van der Waals surface area (Å²) in [7, 11) is 0. The van der Waals surface area contributed by atoms with Gasteiger partial charge in [0, 0.05) is 6.07 Å². The summed E-state index contributed by atoms with van der Waals surface area (Å²) in [5, 5.41) is 14.0. The summed E-state index contributed by atoms with van der Waals surface area (Å²) in [6, 6.07) is 22.8. The summed E-state index contributed by atoms with van der Waals surface area (Å²) in [5.74, 6) is -1.11. The molecule has 43 heavy (non-hydrogen) atoms. The summed E-state index contributed by atoms with van der Waals surface area (Å²) >= 11 is 5.22. The molecule has 0 saturated carbocycles. The van der Waals surface area contributed by atoms with Crippen LogP contribution in [-0.4, -0.2) is 21.9 Å². The molecule has 1 heterocycles. The molecule has 4 aromatic rings. The largest absolute Gasteiger partial charge is 0.457 e. The van der Waals surface area contributed by atoms with E-state index in [1.54, 1.807) is 36.4 Å². The quantitative estimate of drug-likeness (QED) is 0.0792. The van der Waals surface area contributed by atoms with Crippen LogP contribution in [0.3, 0.4) is 0 Å². The van der Waals surface area contributed by atoms with Crippen molar-refractivity contribution in [2.45, 2.75) is 6.18 Å². The van der Waals surface area contributed by atoms with Crippen LogP contribution < -0.4 is 19.7 Å². The van der Waals surface area contributed by atoms with Crippen molar-refractivity contribution in [1.82, 2.24) is 5.32 Å². The third-order valence-electron chi connectivity index (χ3n) is 6.06. The fraction of sp³-hybridized carbons (Fsp3) is 0.0333. The maximum absolute atomic E-state index is 13.4. The molecule has 1 fully saturated rings. The van der Waals surface area contributed by atoms with E-state index in [4.69, 9.17) is 21.7 Å². The predicted molar refractivity (Wildman–Crippen MR) is 154 cm³/mol. The van der Waals surface area contributed by atoms with Crippen LogP contribution in [0.1, 0.15) is 11.1 Å². The molecule has 0 unspecified atom stereocenters. The molecule has 1 aliphatic heterocycles. The van der Waals surface area contributed by atoms with E-state index < -0.39 is 34.2 Å². The van der Waals surface area contributed by atoms with Gasteiger partial charge in [-0.25, -0.2) is 0 Å². The molecule has 0 radical (unpaired) electrons. The van der Waals surface area contributed by atoms with Gasteiger partial charge in [-0.2, -0.15) is 13.2 Å². The fourth-order valence-electron chi connectivity index (χ4n) is 4.06. The molecule has 0 spiro atoms. The van der Waals surface area contributed by atoms with Crippen LogP contribution in [0.4, 0.5) is 24.5 Å². The van der Waals surface area contributed by atoms with E-state index >= 15 is 0 Å². The van der Waals surface area contributed by atoms with Gasteiger partial charge in [-0.3, -0.25) is 29.9 Å². The summed E-state index contributed by atoms with van der Waals surface area (Å²) in [4.78, 5) is 38.2. The van der Waals surface area contributed by atoms with Crippen molar-refractivity contribution in [2.24, 2.45) is 0 Å². The van der Waals surface area contributed by atoms with E-state index in [0.29, 0.717) is 23.3 Å². The van der Waals surface area contributed by atoms with Crippen LogP contribution in [0, 0.1) is 10.1 Å². The van der Waals surface area contributed by atoms with E-state index in [-0.39, 0.29) is 27.7 Å². The highest BCUT2D eigenvalue weighted by Crippen LogP contribution is 2.36. The number of nitro benzene ring substituents is 1. The van der Waals surface area contributed by atoms with Gasteiger partial charge in [0.25, 0.3) is 11.8 Å². The Kier molecular flexibility index (Phi) is 7.90. The third-order valence-corrected chi connectivity index (χ3v) is 6.34. The summed E-state index contributed by atoms with van der Waals surface area (Å²) < 4.78 is 50.3. The summed E-state index contributed by atoms with van der Waals surface area (Å²) in [5.41, 5.74) is -1.54. The number of nitro groups is 1. The molecule has 1 N–H and O–H groups in total. The molecule has 216 valence electrons. The van der Waals surface area contributed by atoms with Gasteiger partial charge >= 0.3 is 11.9 Å². The molecule has 13 heteroatoms. The molecule has 0 bridgehead atoms. The first-order valence-electron chi connectivity index (χ1n) is 12.4. The smallest absolute Gasteiger partial charge is 0.416 e. The van der Waals surface area contributed by atoms with Crippen LogP contribution in [0.25, 0.3) is 6.08 Å². The van der Waals surface area contributed by atoms with Crippen molar-refractivity contribution in [2.75, 3.05) is 4.90 Å². The van der Waals surface area contributed by atoms with E-state index in [1.165, 1.54) is 12.1 Å². The lowest BCUT2D eigenvalue weighted by Crippen LogP contribution is -2.54. The average Bonchev–Trinajstić information content (AvgIpc) is 2.97. The number of nitrogens with one attached hydrogen (secondary N) is 1. The number of carbonyl (C=O) groups excluding carboxylic acids is 2. The SMILES string of the molecule is O=C1NC(=S)N(c2ccc(Oc3ccccc3)cc2)C(=O)C1=Cc1ccc(Oc2cccc(C(F)(F)F)c2)c([N+](=O)[O-])c1. The third kappa shape index (κ3) is 6.52. The Morgan fingerprint density at radius 1 is 0.837 bits per heavy atom. The maximum Gasteiger partial charge on any atom is 0.416 e. The van der Waals surface area contributed by atoms with Gasteiger partial charge in [0.15, 0.2) is 5.11 Å². The lowest BCUT2D eigenvalue weighted by molar-refractivity contribution is -0.385. The zero-order valence-corrected chi connectivity index (χ0v) is 22.5. The van der Waals surface area contributed by atoms with Crippen LogP contribution in [0.5, 0.6) is 23.0 Å². The van der Waals surface area contributed by atoms with Gasteiger partial charge in [-0.05, 0) is 84.5 Å². The number of anilines is 1. The van der Waals surface area contributed by atoms with Gasteiger partial charge in [-0.15, -0.1) is 0 Å². The Labute approximate surface area is 246 Å². The van der Waals surface area contributed by atoms with Gasteiger partial charge in [-0.1, -0.05) is 30.3 Å². The maximum atomic E-state index is 13.4. The lowest BCUT2D eigenvalue weighted by atomic mass is 10.1. The summed E-state index contributed by atoms with van der Waals surface area (Å²) in [6.45, 7) is 0. The standard InChI is InChI=1S/C30H18F3N3O6S/c31-30(32,33)19-5-4-8-23(17-19)42-26-14-9-18(16-25(26)36(39)40)15-24-27(37)34-29(43)35(28(24)38)20-10-12-22(13-11-20)41-21-6-2-1-3-7-21/h1-17H,(H,34,37,43). The first-order valence-corrected chi connectivity index (χ1v) is 12.8. The molecule has 5 rings (SSSR count). The monoisotopic (exact) mass is 605 g/mol. The Morgan fingerprint density at radius 3 is 2.19 bits per heavy atom. The van der Waals surface area contributed by atoms with Crippen molar-refractivity contribution in [3.05, 3.63) is 124 Å². The van der Waals surface area contributed by atoms with Crippen LogP contribution in [-0.2, 0) is 15.8 Å². The second kappa shape index (κ2) is 11.7. The van der Waals surface area contributed by atoms with Gasteiger partial charge in [0.2, 0.25) is 5.75 Å². The highest BCUT2D eigenvalue weighted by molar-refractivity contribution is 7.80. The van der Waals surface area contributed by atoms with Crippen molar-refractivity contribution < 1.29 is 37.2 Å². The minimum Gasteiger partial charge on any atom is -0.457 e. The molecule has 1 aliphatic rings. The lowest BCUT2D eigenvalue weighted by Gasteiger charge is -2.29. The Balaban J connectivity index is 1.40. The highest BCUT2D eigenvalue weighted by Gasteiger charge is 2.35. The molecule has 4 aromatic carbocycles. The number of hydrogen-bond acceptors (Lipinski definition) is 7. The van der Waals surface area contributed by atoms with Gasteiger partial charge in [0.1, 0.15) is 22.8 Å². The highest BCUT2D eigenvalue weighted by atomic mass is 32.1. The zero-order valence-electron chi connectivity index (χ0n) is 21.7. The second-order valence-electron chi connectivity index (χ2n) is 8.98. The normalized spacial score (nSPS) is 14.4. The number of hydrogen-bond donors (Lipinski definition) is 1. The van der Waals surface area contributed by atoms with Crippen LogP contribution in [0.15, 0.2) is 103 Å². The van der Waals surface area contributed by atoms with Crippen molar-refractivity contribution >= 4 is 46.6 Å². The van der Waals surface area contributed by atoms with Gasteiger partial charge in [0.05, 0.1) is 16.2 Å². The molecule has 2 amide bonds. The predicted octanol–water partition coefficient (Wildman–Crippen LogP) is 7.03. The van der Waals surface area contributed by atoms with Crippen molar-refractivity contribution in [1.29, 1.82) is 0 Å². The molecule has 0 aromatic heterocycles. The number of thiocarbonyl (C=S) groups is 1. The van der Waals surface area contributed by atoms with Crippen LogP contribution in [0.2, 0.25) is 0 Å². The van der Waals surface area contributed by atoms with E-state index in [0.717, 1.165) is 35.2 Å². The molecule has 0 aliphatic carbocycles. The molecular weight excluding hydrogens is 587 g/mol. The number of amides is 2. The Morgan fingerprint density at radius 2 is 1.51 bits per heavy atom. The fourth-order valence-corrected chi connectivity index (χ4v) is 4.34. The second-order valence-corrected chi connectivity index (χ2v) is 9.37. The number of carbonyl (C=O) groups is 2. The Hall–Kier alpha value is -5.56. The number of benzene rings is 4.